The number of hydrogen-bond acceptors (Lipinski definition) is 5. The highest BCUT2D eigenvalue weighted by Crippen LogP contribution is 2.21. The lowest BCUT2D eigenvalue weighted by molar-refractivity contribution is -0.147. The van der Waals surface area contributed by atoms with Crippen molar-refractivity contribution >= 4 is 17.5 Å². The average molecular weight is 368 g/mol. The maximum absolute atomic E-state index is 12.4. The van der Waals surface area contributed by atoms with Crippen LogP contribution >= 0.6 is 11.6 Å². The number of nitrogens with zero attached hydrogens (tertiary/aromatic N) is 2. The fraction of sp³-hybridized carbons (Fsp3) is 0.611. The van der Waals surface area contributed by atoms with E-state index < -0.39 is 0 Å². The van der Waals surface area contributed by atoms with Crippen LogP contribution in [0.5, 0.6) is 5.75 Å². The molecular weight excluding hydrogens is 342 g/mol. The summed E-state index contributed by atoms with van der Waals surface area (Å²) >= 11 is 5.96. The molecule has 2 fully saturated rings. The van der Waals surface area contributed by atoms with E-state index in [4.69, 9.17) is 21.1 Å². The van der Waals surface area contributed by atoms with E-state index in [1.54, 1.807) is 0 Å². The molecule has 1 aromatic rings. The summed E-state index contributed by atoms with van der Waals surface area (Å²) in [5, 5.41) is 3.93. The zero-order valence-corrected chi connectivity index (χ0v) is 15.4. The van der Waals surface area contributed by atoms with Crippen LogP contribution in [0.3, 0.4) is 0 Å². The predicted octanol–water partition coefficient (Wildman–Crippen LogP) is 1.16. The number of benzene rings is 1. The number of piperazine rings is 1. The summed E-state index contributed by atoms with van der Waals surface area (Å²) < 4.78 is 11.4. The topological polar surface area (TPSA) is 54.0 Å². The molecule has 3 rings (SSSR count). The molecule has 0 saturated carbocycles. The Hall–Kier alpha value is -1.34. The second kappa shape index (κ2) is 8.85. The van der Waals surface area contributed by atoms with Crippen LogP contribution in [0.15, 0.2) is 18.2 Å². The number of ether oxygens (including phenoxy) is 2. The number of hydrogen-bond donors (Lipinski definition) is 1. The van der Waals surface area contributed by atoms with Crippen molar-refractivity contribution in [2.75, 3.05) is 59.0 Å². The fourth-order valence-corrected chi connectivity index (χ4v) is 3.41. The van der Waals surface area contributed by atoms with E-state index in [-0.39, 0.29) is 12.0 Å². The highest BCUT2D eigenvalue weighted by atomic mass is 35.5. The molecule has 2 saturated heterocycles. The van der Waals surface area contributed by atoms with E-state index in [0.717, 1.165) is 55.6 Å². The van der Waals surface area contributed by atoms with Crippen molar-refractivity contribution in [3.8, 4) is 5.75 Å². The predicted molar refractivity (Wildman–Crippen MR) is 97.3 cm³/mol. The minimum absolute atomic E-state index is 0.111. The molecule has 6 nitrogen and oxygen atoms in total. The molecule has 1 N–H and O–H groups in total. The third-order valence-corrected chi connectivity index (χ3v) is 4.92. The lowest BCUT2D eigenvalue weighted by atomic mass is 10.2. The van der Waals surface area contributed by atoms with Crippen molar-refractivity contribution in [2.24, 2.45) is 0 Å². The van der Waals surface area contributed by atoms with Crippen LogP contribution in [0.2, 0.25) is 5.02 Å². The molecule has 1 atom stereocenters. The maximum atomic E-state index is 12.4. The average Bonchev–Trinajstić information content (AvgIpc) is 2.64. The number of carbonyl (C=O) groups is 1. The number of rotatable bonds is 5. The summed E-state index contributed by atoms with van der Waals surface area (Å²) in [6, 6.07) is 5.66. The van der Waals surface area contributed by atoms with Crippen LogP contribution in [0.1, 0.15) is 5.56 Å². The van der Waals surface area contributed by atoms with Gasteiger partial charge >= 0.3 is 0 Å². The van der Waals surface area contributed by atoms with Gasteiger partial charge in [0.25, 0.3) is 5.91 Å². The Labute approximate surface area is 154 Å². The van der Waals surface area contributed by atoms with Gasteiger partial charge in [-0.25, -0.2) is 0 Å². The van der Waals surface area contributed by atoms with Gasteiger partial charge in [0.15, 0.2) is 0 Å². The molecule has 2 heterocycles. The molecule has 0 spiro atoms. The first kappa shape index (κ1) is 18.5. The Balaban J connectivity index is 1.38. The van der Waals surface area contributed by atoms with Gasteiger partial charge < -0.3 is 19.7 Å². The van der Waals surface area contributed by atoms with E-state index in [1.807, 2.05) is 30.0 Å². The first-order valence-electron chi connectivity index (χ1n) is 8.86. The summed E-state index contributed by atoms with van der Waals surface area (Å²) in [6.07, 6.45) is -0.323. The standard InChI is InChI=1S/C18H26ClN3O3/c1-14-12-15(19)2-3-16(14)25-11-9-21-5-7-22(8-6-21)18(23)17-13-20-4-10-24-17/h2-3,12,17,20H,4-11,13H2,1H3/t17-/m0/s1. The van der Waals surface area contributed by atoms with Crippen LogP contribution in [-0.2, 0) is 9.53 Å². The van der Waals surface area contributed by atoms with E-state index in [0.29, 0.717) is 19.8 Å². The molecule has 0 aliphatic carbocycles. The molecule has 1 aromatic carbocycles. The Morgan fingerprint density at radius 1 is 1.36 bits per heavy atom. The van der Waals surface area contributed by atoms with Gasteiger partial charge in [0, 0.05) is 50.8 Å². The number of nitrogens with one attached hydrogen (secondary N) is 1. The Kier molecular flexibility index (Phi) is 6.53. The summed E-state index contributed by atoms with van der Waals surface area (Å²) in [5.74, 6) is 0.986. The van der Waals surface area contributed by atoms with Gasteiger partial charge in [0.2, 0.25) is 0 Å². The highest BCUT2D eigenvalue weighted by Gasteiger charge is 2.29. The van der Waals surface area contributed by atoms with Crippen LogP contribution < -0.4 is 10.1 Å². The van der Waals surface area contributed by atoms with E-state index in [2.05, 4.69) is 10.2 Å². The monoisotopic (exact) mass is 367 g/mol. The van der Waals surface area contributed by atoms with Gasteiger partial charge in [0.1, 0.15) is 18.5 Å². The van der Waals surface area contributed by atoms with Gasteiger partial charge in [-0.3, -0.25) is 9.69 Å². The minimum Gasteiger partial charge on any atom is -0.492 e. The van der Waals surface area contributed by atoms with Crippen molar-refractivity contribution in [1.29, 1.82) is 0 Å². The van der Waals surface area contributed by atoms with Crippen LogP contribution in [-0.4, -0.2) is 80.8 Å². The smallest absolute Gasteiger partial charge is 0.253 e. The lowest BCUT2D eigenvalue weighted by Crippen LogP contribution is -2.55. The van der Waals surface area contributed by atoms with Crippen molar-refractivity contribution in [3.05, 3.63) is 28.8 Å². The van der Waals surface area contributed by atoms with Gasteiger partial charge in [0.05, 0.1) is 6.61 Å². The van der Waals surface area contributed by atoms with E-state index in [9.17, 15) is 4.79 Å². The molecule has 7 heteroatoms. The number of carbonyl (C=O) groups excluding carboxylic acids is 1. The zero-order valence-electron chi connectivity index (χ0n) is 14.7. The third-order valence-electron chi connectivity index (χ3n) is 4.69. The molecule has 0 radical (unpaired) electrons. The normalized spacial score (nSPS) is 22.0. The second-order valence-electron chi connectivity index (χ2n) is 6.49. The minimum atomic E-state index is -0.323. The first-order chi connectivity index (χ1) is 12.1. The highest BCUT2D eigenvalue weighted by molar-refractivity contribution is 6.30. The summed E-state index contributed by atoms with van der Waals surface area (Å²) in [7, 11) is 0. The molecule has 1 amide bonds. The maximum Gasteiger partial charge on any atom is 0.253 e. The Morgan fingerprint density at radius 3 is 2.84 bits per heavy atom. The third kappa shape index (κ3) is 5.07. The number of amides is 1. The second-order valence-corrected chi connectivity index (χ2v) is 6.93. The number of halogens is 1. The van der Waals surface area contributed by atoms with Gasteiger partial charge in [-0.2, -0.15) is 0 Å². The Bertz CT molecular complexity index is 585. The zero-order chi connectivity index (χ0) is 17.6. The molecule has 0 bridgehead atoms. The van der Waals surface area contributed by atoms with Crippen LogP contribution in [0.25, 0.3) is 0 Å². The molecule has 2 aliphatic rings. The van der Waals surface area contributed by atoms with E-state index in [1.165, 1.54) is 0 Å². The van der Waals surface area contributed by atoms with Gasteiger partial charge in [-0.1, -0.05) is 11.6 Å². The lowest BCUT2D eigenvalue weighted by Gasteiger charge is -2.37. The van der Waals surface area contributed by atoms with Crippen molar-refractivity contribution in [3.63, 3.8) is 0 Å². The molecule has 2 aliphatic heterocycles. The molecular formula is C18H26ClN3O3. The summed E-state index contributed by atoms with van der Waals surface area (Å²) in [4.78, 5) is 16.7. The van der Waals surface area contributed by atoms with Crippen LogP contribution in [0.4, 0.5) is 0 Å². The fourth-order valence-electron chi connectivity index (χ4n) is 3.18. The number of morpholine rings is 1. The first-order valence-corrected chi connectivity index (χ1v) is 9.24. The molecule has 25 heavy (non-hydrogen) atoms. The summed E-state index contributed by atoms with van der Waals surface area (Å²) in [6.45, 7) is 8.77. The Morgan fingerprint density at radius 2 is 2.16 bits per heavy atom. The summed E-state index contributed by atoms with van der Waals surface area (Å²) in [5.41, 5.74) is 1.05. The SMILES string of the molecule is Cc1cc(Cl)ccc1OCCN1CCN(C(=O)[C@@H]2CNCCO2)CC1. The molecule has 0 aromatic heterocycles. The van der Waals surface area contributed by atoms with Crippen molar-refractivity contribution in [1.82, 2.24) is 15.1 Å². The molecule has 138 valence electrons. The van der Waals surface area contributed by atoms with Crippen molar-refractivity contribution < 1.29 is 14.3 Å². The quantitative estimate of drug-likeness (QED) is 0.846. The van der Waals surface area contributed by atoms with Crippen LogP contribution in [0, 0.1) is 6.92 Å². The molecule has 0 unspecified atom stereocenters. The largest absolute Gasteiger partial charge is 0.492 e. The van der Waals surface area contributed by atoms with E-state index >= 15 is 0 Å². The van der Waals surface area contributed by atoms with Crippen molar-refractivity contribution in [2.45, 2.75) is 13.0 Å². The van der Waals surface area contributed by atoms with Gasteiger partial charge in [-0.15, -0.1) is 0 Å². The number of aryl methyl sites for hydroxylation is 1. The van der Waals surface area contributed by atoms with Gasteiger partial charge in [-0.05, 0) is 30.7 Å².